The van der Waals surface area contributed by atoms with Crippen LogP contribution in [0.4, 0.5) is 0 Å². The van der Waals surface area contributed by atoms with Crippen molar-refractivity contribution in [1.82, 2.24) is 4.98 Å². The molecule has 1 heterocycles. The highest BCUT2D eigenvalue weighted by atomic mass is 16.5. The predicted octanol–water partition coefficient (Wildman–Crippen LogP) is 4.73. The normalized spacial score (nSPS) is 11.0. The molecule has 0 amide bonds. The topological polar surface area (TPSA) is 35.3 Å². The summed E-state index contributed by atoms with van der Waals surface area (Å²) in [6.45, 7) is 2.47. The van der Waals surface area contributed by atoms with Crippen LogP contribution in [-0.4, -0.2) is 4.98 Å². The number of oxazole rings is 1. The predicted molar refractivity (Wildman–Crippen MR) is 87.4 cm³/mol. The van der Waals surface area contributed by atoms with Gasteiger partial charge in [0, 0.05) is 6.08 Å². The Morgan fingerprint density at radius 3 is 2.73 bits per heavy atom. The van der Waals surface area contributed by atoms with E-state index in [0.29, 0.717) is 12.5 Å². The standard InChI is InChI=1S/C19H17NO2/c1-15-6-5-7-16(12-15)10-11-19-20-17(14-22-19)13-21-18-8-3-2-4-9-18/h2-12,14H,13H2,1H3/b11-10+. The maximum Gasteiger partial charge on any atom is 0.218 e. The average molecular weight is 291 g/mol. The smallest absolute Gasteiger partial charge is 0.218 e. The maximum absolute atomic E-state index is 5.64. The molecule has 0 saturated heterocycles. The second-order valence-electron chi connectivity index (χ2n) is 5.03. The summed E-state index contributed by atoms with van der Waals surface area (Å²) in [4.78, 5) is 4.38. The first-order valence-corrected chi connectivity index (χ1v) is 7.16. The molecule has 110 valence electrons. The fourth-order valence-electron chi connectivity index (χ4n) is 2.08. The molecule has 0 spiro atoms. The Bertz CT molecular complexity index is 760. The van der Waals surface area contributed by atoms with Crippen molar-refractivity contribution in [3.8, 4) is 5.75 Å². The number of aryl methyl sites for hydroxylation is 1. The zero-order valence-electron chi connectivity index (χ0n) is 12.4. The SMILES string of the molecule is Cc1cccc(/C=C/c2nc(COc3ccccc3)co2)c1. The first kappa shape index (κ1) is 14.1. The van der Waals surface area contributed by atoms with Crippen LogP contribution in [0.2, 0.25) is 0 Å². The van der Waals surface area contributed by atoms with E-state index in [4.69, 9.17) is 9.15 Å². The number of rotatable bonds is 5. The molecule has 0 aliphatic rings. The minimum Gasteiger partial charge on any atom is -0.487 e. The lowest BCUT2D eigenvalue weighted by molar-refractivity contribution is 0.301. The number of nitrogens with zero attached hydrogens (tertiary/aromatic N) is 1. The molecule has 0 aliphatic heterocycles. The molecule has 0 radical (unpaired) electrons. The minimum absolute atomic E-state index is 0.395. The van der Waals surface area contributed by atoms with Crippen molar-refractivity contribution in [2.24, 2.45) is 0 Å². The third-order valence-electron chi connectivity index (χ3n) is 3.16. The molecular weight excluding hydrogens is 274 g/mol. The molecule has 0 N–H and O–H groups in total. The molecule has 3 heteroatoms. The fourth-order valence-corrected chi connectivity index (χ4v) is 2.08. The Morgan fingerprint density at radius 2 is 1.91 bits per heavy atom. The van der Waals surface area contributed by atoms with Crippen LogP contribution in [0.15, 0.2) is 65.3 Å². The van der Waals surface area contributed by atoms with Crippen LogP contribution >= 0.6 is 0 Å². The third-order valence-corrected chi connectivity index (χ3v) is 3.16. The van der Waals surface area contributed by atoms with Crippen molar-refractivity contribution >= 4 is 12.2 Å². The highest BCUT2D eigenvalue weighted by Gasteiger charge is 2.02. The zero-order chi connectivity index (χ0) is 15.2. The summed E-state index contributed by atoms with van der Waals surface area (Å²) in [5.74, 6) is 1.40. The first-order chi connectivity index (χ1) is 10.8. The van der Waals surface area contributed by atoms with Gasteiger partial charge >= 0.3 is 0 Å². The molecule has 3 rings (SSSR count). The van der Waals surface area contributed by atoms with Crippen molar-refractivity contribution in [3.63, 3.8) is 0 Å². The maximum atomic E-state index is 5.64. The summed E-state index contributed by atoms with van der Waals surface area (Å²) in [7, 11) is 0. The molecule has 0 atom stereocenters. The molecular formula is C19H17NO2. The zero-order valence-corrected chi connectivity index (χ0v) is 12.4. The Morgan fingerprint density at radius 1 is 1.05 bits per heavy atom. The van der Waals surface area contributed by atoms with E-state index in [2.05, 4.69) is 24.0 Å². The van der Waals surface area contributed by atoms with Crippen LogP contribution < -0.4 is 4.74 Å². The first-order valence-electron chi connectivity index (χ1n) is 7.16. The molecule has 0 unspecified atom stereocenters. The van der Waals surface area contributed by atoms with Crippen molar-refractivity contribution in [2.45, 2.75) is 13.5 Å². The molecule has 2 aromatic carbocycles. The number of hydrogen-bond donors (Lipinski definition) is 0. The molecule has 0 bridgehead atoms. The summed E-state index contributed by atoms with van der Waals surface area (Å²) in [5, 5.41) is 0. The summed E-state index contributed by atoms with van der Waals surface area (Å²) >= 11 is 0. The minimum atomic E-state index is 0.395. The number of hydrogen-bond acceptors (Lipinski definition) is 3. The van der Waals surface area contributed by atoms with Crippen molar-refractivity contribution < 1.29 is 9.15 Å². The number of aromatic nitrogens is 1. The van der Waals surface area contributed by atoms with Gasteiger partial charge in [-0.2, -0.15) is 0 Å². The quantitative estimate of drug-likeness (QED) is 0.681. The van der Waals surface area contributed by atoms with E-state index in [0.717, 1.165) is 17.0 Å². The van der Waals surface area contributed by atoms with Gasteiger partial charge in [0.25, 0.3) is 0 Å². The highest BCUT2D eigenvalue weighted by Crippen LogP contribution is 2.13. The van der Waals surface area contributed by atoms with E-state index in [1.807, 2.05) is 54.6 Å². The largest absolute Gasteiger partial charge is 0.487 e. The van der Waals surface area contributed by atoms with E-state index in [-0.39, 0.29) is 0 Å². The molecule has 0 saturated carbocycles. The van der Waals surface area contributed by atoms with Crippen molar-refractivity contribution in [1.29, 1.82) is 0 Å². The summed E-state index contributed by atoms with van der Waals surface area (Å²) < 4.78 is 11.1. The molecule has 22 heavy (non-hydrogen) atoms. The monoisotopic (exact) mass is 291 g/mol. The second-order valence-corrected chi connectivity index (χ2v) is 5.03. The van der Waals surface area contributed by atoms with E-state index in [9.17, 15) is 0 Å². The summed E-state index contributed by atoms with van der Waals surface area (Å²) in [5.41, 5.74) is 3.12. The van der Waals surface area contributed by atoms with Gasteiger partial charge in [-0.25, -0.2) is 4.98 Å². The Balaban J connectivity index is 1.61. The van der Waals surface area contributed by atoms with Crippen LogP contribution in [0.5, 0.6) is 5.75 Å². The van der Waals surface area contributed by atoms with Crippen molar-refractivity contribution in [2.75, 3.05) is 0 Å². The van der Waals surface area contributed by atoms with Crippen LogP contribution in [0.1, 0.15) is 22.7 Å². The Kier molecular flexibility index (Phi) is 4.35. The van der Waals surface area contributed by atoms with Crippen LogP contribution in [-0.2, 0) is 6.61 Å². The van der Waals surface area contributed by atoms with Gasteiger partial charge in [0.2, 0.25) is 5.89 Å². The van der Waals surface area contributed by atoms with Gasteiger partial charge in [0.05, 0.1) is 0 Å². The van der Waals surface area contributed by atoms with Gasteiger partial charge < -0.3 is 9.15 Å². The third kappa shape index (κ3) is 3.85. The van der Waals surface area contributed by atoms with E-state index in [1.54, 1.807) is 6.26 Å². The number of para-hydroxylation sites is 1. The van der Waals surface area contributed by atoms with Crippen LogP contribution in [0, 0.1) is 6.92 Å². The van der Waals surface area contributed by atoms with Crippen LogP contribution in [0.3, 0.4) is 0 Å². The molecule has 3 nitrogen and oxygen atoms in total. The Hall–Kier alpha value is -2.81. The fraction of sp³-hybridized carbons (Fsp3) is 0.105. The molecule has 3 aromatic rings. The lowest BCUT2D eigenvalue weighted by Crippen LogP contribution is -1.95. The lowest BCUT2D eigenvalue weighted by Gasteiger charge is -2.01. The highest BCUT2D eigenvalue weighted by molar-refractivity contribution is 5.66. The van der Waals surface area contributed by atoms with Crippen molar-refractivity contribution in [3.05, 3.63) is 83.6 Å². The number of benzene rings is 2. The molecule has 0 aliphatic carbocycles. The van der Waals surface area contributed by atoms with E-state index in [1.165, 1.54) is 5.56 Å². The van der Waals surface area contributed by atoms with E-state index < -0.39 is 0 Å². The average Bonchev–Trinajstić information content (AvgIpc) is 3.00. The summed E-state index contributed by atoms with van der Waals surface area (Å²) in [6, 6.07) is 17.9. The second kappa shape index (κ2) is 6.76. The summed E-state index contributed by atoms with van der Waals surface area (Å²) in [6.07, 6.45) is 5.47. The van der Waals surface area contributed by atoms with Gasteiger partial charge in [-0.1, -0.05) is 48.0 Å². The van der Waals surface area contributed by atoms with Gasteiger partial charge in [-0.3, -0.25) is 0 Å². The lowest BCUT2D eigenvalue weighted by atomic mass is 10.1. The number of ether oxygens (including phenoxy) is 1. The van der Waals surface area contributed by atoms with Gasteiger partial charge in [-0.05, 0) is 30.7 Å². The van der Waals surface area contributed by atoms with Gasteiger partial charge in [0.15, 0.2) is 0 Å². The Labute approximate surface area is 129 Å². The van der Waals surface area contributed by atoms with Gasteiger partial charge in [0.1, 0.15) is 24.3 Å². The van der Waals surface area contributed by atoms with E-state index >= 15 is 0 Å². The van der Waals surface area contributed by atoms with Crippen LogP contribution in [0.25, 0.3) is 12.2 Å². The van der Waals surface area contributed by atoms with Gasteiger partial charge in [-0.15, -0.1) is 0 Å². The molecule has 0 fully saturated rings. The molecule has 1 aromatic heterocycles.